The van der Waals surface area contributed by atoms with Crippen molar-refractivity contribution in [3.05, 3.63) is 29.6 Å². The molecule has 0 fully saturated rings. The Labute approximate surface area is 99.1 Å². The molecular formula is C14H24N2. The van der Waals surface area contributed by atoms with Gasteiger partial charge in [-0.25, -0.2) is 0 Å². The van der Waals surface area contributed by atoms with E-state index in [-0.39, 0.29) is 0 Å². The van der Waals surface area contributed by atoms with E-state index in [1.807, 2.05) is 40.7 Å². The number of nitrogens with zero attached hydrogens (tertiary/aromatic N) is 1. The maximum Gasteiger partial charge on any atom is 0.0884 e. The molecule has 2 aromatic rings. The molecule has 2 heteroatoms. The van der Waals surface area contributed by atoms with Crippen molar-refractivity contribution in [1.82, 2.24) is 9.97 Å². The highest BCUT2D eigenvalue weighted by atomic mass is 14.8. The number of hydrogen-bond donors (Lipinski definition) is 1. The molecule has 0 radical (unpaired) electrons. The van der Waals surface area contributed by atoms with Gasteiger partial charge in [0.2, 0.25) is 0 Å². The molecular weight excluding hydrogens is 196 g/mol. The Morgan fingerprint density at radius 1 is 1.12 bits per heavy atom. The Morgan fingerprint density at radius 3 is 2.31 bits per heavy atom. The van der Waals surface area contributed by atoms with E-state index in [4.69, 9.17) is 0 Å². The average molecular weight is 220 g/mol. The second kappa shape index (κ2) is 7.91. The van der Waals surface area contributed by atoms with Crippen LogP contribution in [0, 0.1) is 6.92 Å². The molecule has 0 spiro atoms. The SMILES string of the molecule is CC.CC.CCc1cc2nc(C)ccc2[nH]1. The first-order chi connectivity index (χ1) is 7.79. The van der Waals surface area contributed by atoms with Gasteiger partial charge in [-0.1, -0.05) is 34.6 Å². The minimum absolute atomic E-state index is 1.04. The Morgan fingerprint density at radius 2 is 1.75 bits per heavy atom. The van der Waals surface area contributed by atoms with Gasteiger partial charge in [0.25, 0.3) is 0 Å². The van der Waals surface area contributed by atoms with E-state index in [1.54, 1.807) is 0 Å². The number of nitrogens with one attached hydrogen (secondary N) is 1. The third kappa shape index (κ3) is 3.69. The smallest absolute Gasteiger partial charge is 0.0884 e. The van der Waals surface area contributed by atoms with Crippen molar-refractivity contribution >= 4 is 11.0 Å². The van der Waals surface area contributed by atoms with Crippen LogP contribution < -0.4 is 0 Å². The molecule has 2 nitrogen and oxygen atoms in total. The van der Waals surface area contributed by atoms with Crippen molar-refractivity contribution in [3.63, 3.8) is 0 Å². The number of fused-ring (bicyclic) bond motifs is 1. The Hall–Kier alpha value is -1.31. The molecule has 0 atom stereocenters. The lowest BCUT2D eigenvalue weighted by molar-refractivity contribution is 1.07. The van der Waals surface area contributed by atoms with Gasteiger partial charge in [0.1, 0.15) is 0 Å². The average Bonchev–Trinajstić information content (AvgIpc) is 2.76. The molecule has 2 rings (SSSR count). The van der Waals surface area contributed by atoms with Crippen LogP contribution in [0.3, 0.4) is 0 Å². The molecule has 0 saturated carbocycles. The summed E-state index contributed by atoms with van der Waals surface area (Å²) in [5.74, 6) is 0. The fourth-order valence-electron chi connectivity index (χ4n) is 1.36. The highest BCUT2D eigenvalue weighted by molar-refractivity contribution is 5.76. The van der Waals surface area contributed by atoms with Crippen LogP contribution in [0.25, 0.3) is 11.0 Å². The molecule has 0 aromatic carbocycles. The van der Waals surface area contributed by atoms with Gasteiger partial charge in [-0.15, -0.1) is 0 Å². The number of rotatable bonds is 1. The molecule has 0 aliphatic rings. The van der Waals surface area contributed by atoms with Gasteiger partial charge in [0.15, 0.2) is 0 Å². The normalized spacial score (nSPS) is 8.88. The lowest BCUT2D eigenvalue weighted by atomic mass is 10.3. The van der Waals surface area contributed by atoms with Gasteiger partial charge >= 0.3 is 0 Å². The second-order valence-corrected chi connectivity index (χ2v) is 3.03. The van der Waals surface area contributed by atoms with Crippen LogP contribution >= 0.6 is 0 Å². The maximum absolute atomic E-state index is 4.41. The first kappa shape index (κ1) is 14.7. The molecule has 90 valence electrons. The molecule has 0 bridgehead atoms. The van der Waals surface area contributed by atoms with E-state index < -0.39 is 0 Å². The van der Waals surface area contributed by atoms with Gasteiger partial charge in [-0.2, -0.15) is 0 Å². The molecule has 0 saturated heterocycles. The van der Waals surface area contributed by atoms with Crippen LogP contribution in [0.5, 0.6) is 0 Å². The van der Waals surface area contributed by atoms with E-state index >= 15 is 0 Å². The van der Waals surface area contributed by atoms with Gasteiger partial charge in [0.05, 0.1) is 11.0 Å². The lowest BCUT2D eigenvalue weighted by Gasteiger charge is -1.89. The zero-order valence-electron chi connectivity index (χ0n) is 11.4. The van der Waals surface area contributed by atoms with Crippen LogP contribution in [0.2, 0.25) is 0 Å². The highest BCUT2D eigenvalue weighted by Crippen LogP contribution is 2.13. The van der Waals surface area contributed by atoms with Gasteiger partial charge < -0.3 is 4.98 Å². The number of H-pyrrole nitrogens is 1. The monoisotopic (exact) mass is 220 g/mol. The molecule has 0 unspecified atom stereocenters. The number of aryl methyl sites for hydroxylation is 2. The summed E-state index contributed by atoms with van der Waals surface area (Å²) in [5.41, 5.74) is 4.54. The summed E-state index contributed by atoms with van der Waals surface area (Å²) in [6.07, 6.45) is 1.04. The van der Waals surface area contributed by atoms with Crippen LogP contribution in [0.15, 0.2) is 18.2 Å². The van der Waals surface area contributed by atoms with Crippen LogP contribution in [0.1, 0.15) is 46.0 Å². The molecule has 1 N–H and O–H groups in total. The highest BCUT2D eigenvalue weighted by Gasteiger charge is 1.99. The van der Waals surface area contributed by atoms with Crippen molar-refractivity contribution in [3.8, 4) is 0 Å². The number of hydrogen-bond acceptors (Lipinski definition) is 1. The standard InChI is InChI=1S/C10H12N2.2C2H6/c1-3-8-6-10-9(12-8)5-4-7(2)11-10;2*1-2/h4-6,12H,3H2,1-2H3;2*1-2H3. The Balaban J connectivity index is 0.000000509. The minimum Gasteiger partial charge on any atom is -0.357 e. The first-order valence-electron chi connectivity index (χ1n) is 6.25. The van der Waals surface area contributed by atoms with Crippen molar-refractivity contribution < 1.29 is 0 Å². The fraction of sp³-hybridized carbons (Fsp3) is 0.500. The first-order valence-corrected chi connectivity index (χ1v) is 6.25. The molecule has 0 aliphatic heterocycles. The number of aromatic amines is 1. The van der Waals surface area contributed by atoms with Crippen LogP contribution in [0.4, 0.5) is 0 Å². The molecule has 0 amide bonds. The number of aromatic nitrogens is 2. The van der Waals surface area contributed by atoms with E-state index in [9.17, 15) is 0 Å². The van der Waals surface area contributed by atoms with Crippen molar-refractivity contribution in [2.24, 2.45) is 0 Å². The predicted molar refractivity (Wildman–Crippen MR) is 72.9 cm³/mol. The second-order valence-electron chi connectivity index (χ2n) is 3.03. The quantitative estimate of drug-likeness (QED) is 0.754. The summed E-state index contributed by atoms with van der Waals surface area (Å²) in [6, 6.07) is 6.22. The Bertz CT molecular complexity index is 402. The zero-order valence-corrected chi connectivity index (χ0v) is 11.4. The summed E-state index contributed by atoms with van der Waals surface area (Å²) in [6.45, 7) is 12.1. The summed E-state index contributed by atoms with van der Waals surface area (Å²) >= 11 is 0. The fourth-order valence-corrected chi connectivity index (χ4v) is 1.36. The summed E-state index contributed by atoms with van der Waals surface area (Å²) in [4.78, 5) is 7.72. The van der Waals surface area contributed by atoms with Crippen LogP contribution in [-0.2, 0) is 6.42 Å². The maximum atomic E-state index is 4.41. The summed E-state index contributed by atoms with van der Waals surface area (Å²) < 4.78 is 0. The van der Waals surface area contributed by atoms with E-state index in [2.05, 4.69) is 29.0 Å². The van der Waals surface area contributed by atoms with Crippen molar-refractivity contribution in [1.29, 1.82) is 0 Å². The number of pyridine rings is 1. The van der Waals surface area contributed by atoms with Gasteiger partial charge in [-0.3, -0.25) is 4.98 Å². The van der Waals surface area contributed by atoms with E-state index in [0.29, 0.717) is 0 Å². The molecule has 2 heterocycles. The molecule has 2 aromatic heterocycles. The lowest BCUT2D eigenvalue weighted by Crippen LogP contribution is -1.78. The zero-order chi connectivity index (χ0) is 12.6. The third-order valence-electron chi connectivity index (χ3n) is 2.05. The van der Waals surface area contributed by atoms with Crippen LogP contribution in [-0.4, -0.2) is 9.97 Å². The topological polar surface area (TPSA) is 28.7 Å². The van der Waals surface area contributed by atoms with Gasteiger partial charge in [0, 0.05) is 11.4 Å². The van der Waals surface area contributed by atoms with Gasteiger partial charge in [-0.05, 0) is 31.5 Å². The molecule has 0 aliphatic carbocycles. The Kier molecular flexibility index (Phi) is 7.27. The van der Waals surface area contributed by atoms with Crippen molar-refractivity contribution in [2.75, 3.05) is 0 Å². The predicted octanol–water partition coefficient (Wildman–Crippen LogP) is 4.49. The minimum atomic E-state index is 1.04. The molecule has 16 heavy (non-hydrogen) atoms. The third-order valence-corrected chi connectivity index (χ3v) is 2.05. The summed E-state index contributed by atoms with van der Waals surface area (Å²) in [7, 11) is 0. The van der Waals surface area contributed by atoms with E-state index in [1.165, 1.54) is 5.69 Å². The van der Waals surface area contributed by atoms with E-state index in [0.717, 1.165) is 23.1 Å². The largest absolute Gasteiger partial charge is 0.357 e. The summed E-state index contributed by atoms with van der Waals surface area (Å²) in [5, 5.41) is 0. The van der Waals surface area contributed by atoms with Crippen molar-refractivity contribution in [2.45, 2.75) is 48.0 Å².